The van der Waals surface area contributed by atoms with Crippen molar-refractivity contribution in [1.29, 1.82) is 0 Å². The van der Waals surface area contributed by atoms with Gasteiger partial charge in [-0.25, -0.2) is 5.84 Å². The summed E-state index contributed by atoms with van der Waals surface area (Å²) in [5, 5.41) is 0.185. The van der Waals surface area contributed by atoms with Crippen LogP contribution in [0.1, 0.15) is 20.3 Å². The minimum Gasteiger partial charge on any atom is -0.319 e. The van der Waals surface area contributed by atoms with Crippen LogP contribution in [0.2, 0.25) is 0 Å². The monoisotopic (exact) mass is 273 g/mol. The molecular weight excluding hydrogens is 252 g/mol. The zero-order valence-corrected chi connectivity index (χ0v) is 11.7. The first-order valence-electron chi connectivity index (χ1n) is 6.28. The summed E-state index contributed by atoms with van der Waals surface area (Å²) in [6, 6.07) is 0. The van der Waals surface area contributed by atoms with Crippen LogP contribution in [0.4, 0.5) is 0 Å². The minimum absolute atomic E-state index is 0.0818. The van der Waals surface area contributed by atoms with Gasteiger partial charge >= 0.3 is 0 Å². The number of fused-ring (bicyclic) bond motifs is 1. The molecule has 2 heterocycles. The van der Waals surface area contributed by atoms with Crippen LogP contribution in [0.25, 0.3) is 0 Å². The zero-order valence-electron chi connectivity index (χ0n) is 10.9. The van der Waals surface area contributed by atoms with E-state index in [4.69, 9.17) is 5.84 Å². The molecule has 2 aliphatic rings. The van der Waals surface area contributed by atoms with Crippen molar-refractivity contribution < 1.29 is 14.5 Å². The molecule has 0 radical (unpaired) electrons. The fraction of sp³-hybridized carbons (Fsp3) is 0.818. The highest BCUT2D eigenvalue weighted by Gasteiger charge is 2.53. The van der Waals surface area contributed by atoms with E-state index in [1.54, 1.807) is 11.8 Å². The molecule has 0 bridgehead atoms. The van der Waals surface area contributed by atoms with Crippen molar-refractivity contribution in [1.82, 2.24) is 10.3 Å². The average molecular weight is 273 g/mol. The molecule has 2 fully saturated rings. The number of rotatable bonds is 3. The van der Waals surface area contributed by atoms with E-state index in [0.717, 1.165) is 19.5 Å². The van der Waals surface area contributed by atoms with Crippen molar-refractivity contribution >= 4 is 23.6 Å². The predicted molar refractivity (Wildman–Crippen MR) is 69.7 cm³/mol. The first-order chi connectivity index (χ1) is 8.52. The number of amides is 2. The van der Waals surface area contributed by atoms with Crippen LogP contribution < -0.4 is 16.2 Å². The lowest BCUT2D eigenvalue weighted by molar-refractivity contribution is -0.949. The summed E-state index contributed by atoms with van der Waals surface area (Å²) in [5.41, 5.74) is 2.11. The molecule has 0 aromatic rings. The summed E-state index contributed by atoms with van der Waals surface area (Å²) in [6.45, 7) is 6.20. The SMILES string of the molecule is CC[C@]1(C)[C@@H]2SCC(=O)N2CC[NH+]1CC(=O)NN. The van der Waals surface area contributed by atoms with Gasteiger partial charge in [0.1, 0.15) is 10.9 Å². The highest BCUT2D eigenvalue weighted by atomic mass is 32.2. The van der Waals surface area contributed by atoms with Crippen molar-refractivity contribution in [2.45, 2.75) is 31.2 Å². The second-order valence-electron chi connectivity index (χ2n) is 5.12. The molecule has 0 spiro atoms. The summed E-state index contributed by atoms with van der Waals surface area (Å²) < 4.78 is 0. The minimum atomic E-state index is -0.146. The largest absolute Gasteiger partial charge is 0.319 e. The third-order valence-corrected chi connectivity index (χ3v) is 5.75. The molecule has 0 saturated carbocycles. The Morgan fingerprint density at radius 1 is 1.72 bits per heavy atom. The van der Waals surface area contributed by atoms with E-state index in [-0.39, 0.29) is 22.7 Å². The Labute approximate surface area is 111 Å². The molecule has 18 heavy (non-hydrogen) atoms. The summed E-state index contributed by atoms with van der Waals surface area (Å²) in [5.74, 6) is 5.81. The molecule has 1 unspecified atom stereocenters. The number of thioether (sulfide) groups is 1. The smallest absolute Gasteiger partial charge is 0.289 e. The van der Waals surface area contributed by atoms with E-state index in [1.165, 1.54) is 4.90 Å². The van der Waals surface area contributed by atoms with Gasteiger partial charge in [0, 0.05) is 6.42 Å². The average Bonchev–Trinajstić information content (AvgIpc) is 2.75. The van der Waals surface area contributed by atoms with E-state index < -0.39 is 0 Å². The number of nitrogens with two attached hydrogens (primary N) is 1. The number of carbonyl (C=O) groups excluding carboxylic acids is 2. The predicted octanol–water partition coefficient (Wildman–Crippen LogP) is -2.05. The van der Waals surface area contributed by atoms with Crippen molar-refractivity contribution in [3.63, 3.8) is 0 Å². The number of quaternary nitrogens is 1. The lowest BCUT2D eigenvalue weighted by Gasteiger charge is -2.48. The van der Waals surface area contributed by atoms with E-state index in [9.17, 15) is 9.59 Å². The van der Waals surface area contributed by atoms with E-state index >= 15 is 0 Å². The maximum absolute atomic E-state index is 11.8. The summed E-state index contributed by atoms with van der Waals surface area (Å²) in [6.07, 6.45) is 0.932. The van der Waals surface area contributed by atoms with Crippen molar-refractivity contribution in [2.24, 2.45) is 5.84 Å². The fourth-order valence-electron chi connectivity index (χ4n) is 2.90. The number of nitrogens with one attached hydrogen (secondary N) is 2. The van der Waals surface area contributed by atoms with Gasteiger partial charge in [-0.2, -0.15) is 0 Å². The second-order valence-corrected chi connectivity index (χ2v) is 6.19. The van der Waals surface area contributed by atoms with Gasteiger partial charge in [-0.05, 0) is 6.92 Å². The molecule has 2 rings (SSSR count). The Hall–Kier alpha value is -0.790. The molecular formula is C11H21N4O2S+. The molecule has 7 heteroatoms. The second kappa shape index (κ2) is 5.07. The maximum Gasteiger partial charge on any atom is 0.289 e. The zero-order chi connectivity index (χ0) is 13.3. The van der Waals surface area contributed by atoms with Gasteiger partial charge in [-0.3, -0.25) is 15.0 Å². The summed E-state index contributed by atoms with van der Waals surface area (Å²) >= 11 is 1.70. The molecule has 2 amide bonds. The topological polar surface area (TPSA) is 79.9 Å². The van der Waals surface area contributed by atoms with Crippen LogP contribution in [0.3, 0.4) is 0 Å². The Kier molecular flexibility index (Phi) is 3.84. The van der Waals surface area contributed by atoms with Gasteiger partial charge in [-0.1, -0.05) is 6.92 Å². The lowest BCUT2D eigenvalue weighted by Crippen LogP contribution is -3.24. The maximum atomic E-state index is 11.8. The van der Waals surface area contributed by atoms with E-state index in [0.29, 0.717) is 12.3 Å². The Balaban J connectivity index is 2.18. The molecule has 0 aromatic heterocycles. The van der Waals surface area contributed by atoms with Gasteiger partial charge in [0.15, 0.2) is 6.54 Å². The van der Waals surface area contributed by atoms with Crippen LogP contribution in [0.5, 0.6) is 0 Å². The van der Waals surface area contributed by atoms with Gasteiger partial charge in [0.05, 0.1) is 18.8 Å². The van der Waals surface area contributed by atoms with Crippen LogP contribution in [-0.4, -0.2) is 53.0 Å². The fourth-order valence-corrected chi connectivity index (χ4v) is 4.47. The number of hydrogen-bond donors (Lipinski definition) is 3. The van der Waals surface area contributed by atoms with Crippen LogP contribution in [0, 0.1) is 0 Å². The highest BCUT2D eigenvalue weighted by molar-refractivity contribution is 8.01. The Bertz CT molecular complexity index is 365. The molecule has 102 valence electrons. The van der Waals surface area contributed by atoms with E-state index in [1.807, 2.05) is 4.90 Å². The number of nitrogens with zero attached hydrogens (tertiary/aromatic N) is 1. The first kappa shape index (κ1) is 13.6. The molecule has 3 atom stereocenters. The molecule has 4 N–H and O–H groups in total. The number of hydrogen-bond acceptors (Lipinski definition) is 4. The summed E-state index contributed by atoms with van der Waals surface area (Å²) in [4.78, 5) is 26.5. The third kappa shape index (κ3) is 2.10. The molecule has 6 nitrogen and oxygen atoms in total. The van der Waals surface area contributed by atoms with Crippen molar-refractivity contribution in [3.8, 4) is 0 Å². The van der Waals surface area contributed by atoms with Crippen molar-refractivity contribution in [2.75, 3.05) is 25.4 Å². The quantitative estimate of drug-likeness (QED) is 0.314. The number of piperazine rings is 1. The van der Waals surface area contributed by atoms with Gasteiger partial charge in [0.25, 0.3) is 5.91 Å². The Morgan fingerprint density at radius 2 is 2.44 bits per heavy atom. The van der Waals surface area contributed by atoms with Crippen LogP contribution in [-0.2, 0) is 9.59 Å². The molecule has 0 aromatic carbocycles. The molecule has 0 aliphatic carbocycles. The normalized spacial score (nSPS) is 35.5. The van der Waals surface area contributed by atoms with Gasteiger partial charge < -0.3 is 9.80 Å². The highest BCUT2D eigenvalue weighted by Crippen LogP contribution is 2.34. The van der Waals surface area contributed by atoms with Gasteiger partial charge in [0.2, 0.25) is 5.91 Å². The molecule has 2 saturated heterocycles. The Morgan fingerprint density at radius 3 is 3.06 bits per heavy atom. The number of carbonyl (C=O) groups is 2. The summed E-state index contributed by atoms with van der Waals surface area (Å²) in [7, 11) is 0. The van der Waals surface area contributed by atoms with Crippen LogP contribution >= 0.6 is 11.8 Å². The van der Waals surface area contributed by atoms with Crippen molar-refractivity contribution in [3.05, 3.63) is 0 Å². The first-order valence-corrected chi connectivity index (χ1v) is 7.33. The number of hydrazine groups is 1. The third-order valence-electron chi connectivity index (χ3n) is 4.24. The lowest BCUT2D eigenvalue weighted by atomic mass is 9.92. The van der Waals surface area contributed by atoms with E-state index in [2.05, 4.69) is 19.3 Å². The van der Waals surface area contributed by atoms with Crippen LogP contribution in [0.15, 0.2) is 0 Å². The molecule has 2 aliphatic heterocycles. The van der Waals surface area contributed by atoms with Gasteiger partial charge in [-0.15, -0.1) is 11.8 Å². The standard InChI is InChI=1S/C11H20N4O2S/c1-3-11(2)10-15(9(17)7-18-10)5-4-14(11)6-8(16)13-12/h10H,3-7,12H2,1-2H3,(H,13,16)/p+1/t10-,11+/m0/s1.